The number of hydrogen-bond donors (Lipinski definition) is 3. The van der Waals surface area contributed by atoms with Gasteiger partial charge < -0.3 is 20.7 Å². The fourth-order valence-corrected chi connectivity index (χ4v) is 6.58. The van der Waals surface area contributed by atoms with Gasteiger partial charge in [0.15, 0.2) is 0 Å². The number of nitrogens with zero attached hydrogens (tertiary/aromatic N) is 1. The molecule has 2 amide bonds. The smallest absolute Gasteiger partial charge is 0.237 e. The summed E-state index contributed by atoms with van der Waals surface area (Å²) in [5.41, 5.74) is 0.379. The molecule has 3 aliphatic rings. The number of halogens is 2. The van der Waals surface area contributed by atoms with Crippen LogP contribution in [0.1, 0.15) is 44.2 Å². The van der Waals surface area contributed by atoms with E-state index in [-0.39, 0.29) is 27.8 Å². The van der Waals surface area contributed by atoms with E-state index in [1.165, 1.54) is 6.07 Å². The fourth-order valence-electron chi connectivity index (χ4n) is 6.40. The third-order valence-corrected chi connectivity index (χ3v) is 8.29. The van der Waals surface area contributed by atoms with E-state index in [2.05, 4.69) is 41.6 Å². The van der Waals surface area contributed by atoms with Gasteiger partial charge in [-0.15, -0.1) is 0 Å². The van der Waals surface area contributed by atoms with Gasteiger partial charge in [-0.3, -0.25) is 14.5 Å². The predicted octanol–water partition coefficient (Wildman–Crippen LogP) is 3.68. The molecule has 3 heterocycles. The molecule has 9 heteroatoms. The molecule has 38 heavy (non-hydrogen) atoms. The van der Waals surface area contributed by atoms with Crippen molar-refractivity contribution in [2.75, 3.05) is 44.7 Å². The highest BCUT2D eigenvalue weighted by molar-refractivity contribution is 6.30. The van der Waals surface area contributed by atoms with Gasteiger partial charge >= 0.3 is 0 Å². The third-order valence-electron chi connectivity index (χ3n) is 8.00. The number of carbonyl (C=O) groups is 2. The number of benzene rings is 2. The molecule has 0 aromatic heterocycles. The van der Waals surface area contributed by atoms with E-state index in [9.17, 15) is 9.59 Å². The topological polar surface area (TPSA) is 82.7 Å². The van der Waals surface area contributed by atoms with Crippen molar-refractivity contribution in [1.29, 1.82) is 0 Å². The molecular weight excluding hydrogens is 507 g/mol. The standard InChI is InChI=1S/C29H36ClFN4O3/c1-28(2,3)17-22-29(19-8-4-5-10-21(19)33-27(29)37)23(18-7-6-9-20(30)24(18)31)25(34-22)26(36)32-11-12-35-13-15-38-16-14-35/h4-10,22-23,25,34H,11-17H2,1-3H3,(H,32,36)(H,33,37). The van der Waals surface area contributed by atoms with E-state index < -0.39 is 29.2 Å². The summed E-state index contributed by atoms with van der Waals surface area (Å²) < 4.78 is 21.2. The molecule has 2 saturated heterocycles. The highest BCUT2D eigenvalue weighted by Gasteiger charge is 2.66. The lowest BCUT2D eigenvalue weighted by Crippen LogP contribution is -2.49. The third kappa shape index (κ3) is 4.83. The van der Waals surface area contributed by atoms with Crippen LogP contribution in [-0.2, 0) is 19.7 Å². The summed E-state index contributed by atoms with van der Waals surface area (Å²) in [6.07, 6.45) is 0.602. The van der Waals surface area contributed by atoms with Crippen molar-refractivity contribution in [2.45, 2.75) is 50.6 Å². The lowest BCUT2D eigenvalue weighted by atomic mass is 9.62. The number of fused-ring (bicyclic) bond motifs is 2. The molecular formula is C29H36ClFN4O3. The van der Waals surface area contributed by atoms with Crippen molar-refractivity contribution in [1.82, 2.24) is 15.5 Å². The first-order valence-electron chi connectivity index (χ1n) is 13.3. The van der Waals surface area contributed by atoms with Gasteiger partial charge in [0, 0.05) is 43.8 Å². The number of anilines is 1. The Bertz CT molecular complexity index is 1210. The van der Waals surface area contributed by atoms with E-state index in [1.807, 2.05) is 24.3 Å². The zero-order valence-electron chi connectivity index (χ0n) is 22.2. The number of para-hydroxylation sites is 1. The molecule has 5 rings (SSSR count). The summed E-state index contributed by atoms with van der Waals surface area (Å²) in [7, 11) is 0. The maximum Gasteiger partial charge on any atom is 0.237 e. The Labute approximate surface area is 228 Å². The molecule has 3 N–H and O–H groups in total. The van der Waals surface area contributed by atoms with Crippen LogP contribution in [0.3, 0.4) is 0 Å². The Morgan fingerprint density at radius 3 is 2.66 bits per heavy atom. The van der Waals surface area contributed by atoms with Crippen LogP contribution in [0.15, 0.2) is 42.5 Å². The quantitative estimate of drug-likeness (QED) is 0.519. The molecule has 0 aliphatic carbocycles. The van der Waals surface area contributed by atoms with Crippen LogP contribution in [0.4, 0.5) is 10.1 Å². The Morgan fingerprint density at radius 1 is 1.18 bits per heavy atom. The zero-order chi connectivity index (χ0) is 27.1. The number of carbonyl (C=O) groups excluding carboxylic acids is 2. The van der Waals surface area contributed by atoms with Gasteiger partial charge in [0.2, 0.25) is 11.8 Å². The van der Waals surface area contributed by atoms with Gasteiger partial charge in [0.1, 0.15) is 11.2 Å². The average Bonchev–Trinajstić information content (AvgIpc) is 3.36. The number of amides is 2. The van der Waals surface area contributed by atoms with Crippen LogP contribution < -0.4 is 16.0 Å². The van der Waals surface area contributed by atoms with Crippen molar-refractivity contribution >= 4 is 29.1 Å². The molecule has 4 unspecified atom stereocenters. The predicted molar refractivity (Wildman–Crippen MR) is 146 cm³/mol. The van der Waals surface area contributed by atoms with E-state index in [0.29, 0.717) is 38.4 Å². The average molecular weight is 543 g/mol. The summed E-state index contributed by atoms with van der Waals surface area (Å²) >= 11 is 6.25. The molecule has 0 saturated carbocycles. The first kappa shape index (κ1) is 27.1. The Hall–Kier alpha value is -2.52. The highest BCUT2D eigenvalue weighted by atomic mass is 35.5. The normalized spacial score (nSPS) is 27.4. The molecule has 2 aromatic rings. The van der Waals surface area contributed by atoms with Crippen molar-refractivity contribution in [3.63, 3.8) is 0 Å². The van der Waals surface area contributed by atoms with Gasteiger partial charge in [-0.1, -0.05) is 62.7 Å². The van der Waals surface area contributed by atoms with Crippen molar-refractivity contribution in [2.24, 2.45) is 5.41 Å². The van der Waals surface area contributed by atoms with Gasteiger partial charge in [0.05, 0.1) is 24.3 Å². The SMILES string of the molecule is CC(C)(C)CC1NC(C(=O)NCCN2CCOCC2)C(c2cccc(Cl)c2F)C12C(=O)Nc1ccccc12. The van der Waals surface area contributed by atoms with Crippen LogP contribution in [0, 0.1) is 11.2 Å². The van der Waals surface area contributed by atoms with Crippen LogP contribution in [0.2, 0.25) is 5.02 Å². The van der Waals surface area contributed by atoms with Crippen molar-refractivity contribution < 1.29 is 18.7 Å². The molecule has 0 radical (unpaired) electrons. The molecule has 3 aliphatic heterocycles. The van der Waals surface area contributed by atoms with E-state index in [4.69, 9.17) is 16.3 Å². The lowest BCUT2D eigenvalue weighted by Gasteiger charge is -2.37. The first-order chi connectivity index (χ1) is 18.1. The van der Waals surface area contributed by atoms with Crippen LogP contribution in [0.5, 0.6) is 0 Å². The molecule has 7 nitrogen and oxygen atoms in total. The molecule has 4 atom stereocenters. The molecule has 204 valence electrons. The number of hydrogen-bond acceptors (Lipinski definition) is 5. The van der Waals surface area contributed by atoms with E-state index in [0.717, 1.165) is 18.7 Å². The zero-order valence-corrected chi connectivity index (χ0v) is 22.9. The summed E-state index contributed by atoms with van der Waals surface area (Å²) in [6.45, 7) is 10.5. The lowest BCUT2D eigenvalue weighted by molar-refractivity contribution is -0.124. The van der Waals surface area contributed by atoms with Gasteiger partial charge in [0.25, 0.3) is 0 Å². The second kappa shape index (κ2) is 10.6. The summed E-state index contributed by atoms with van der Waals surface area (Å²) in [4.78, 5) is 30.1. The minimum Gasteiger partial charge on any atom is -0.379 e. The molecule has 2 fully saturated rings. The minimum absolute atomic E-state index is 0.0323. The van der Waals surface area contributed by atoms with E-state index >= 15 is 4.39 Å². The Kier molecular flexibility index (Phi) is 7.52. The summed E-state index contributed by atoms with van der Waals surface area (Å²) in [5.74, 6) is -1.88. The molecule has 2 aromatic carbocycles. The largest absolute Gasteiger partial charge is 0.379 e. The van der Waals surface area contributed by atoms with Gasteiger partial charge in [-0.2, -0.15) is 0 Å². The summed E-state index contributed by atoms with van der Waals surface area (Å²) in [6, 6.07) is 11.1. The second-order valence-corrected chi connectivity index (χ2v) is 12.1. The fraction of sp³-hybridized carbons (Fsp3) is 0.517. The number of morpholine rings is 1. The van der Waals surface area contributed by atoms with Gasteiger partial charge in [-0.25, -0.2) is 4.39 Å². The van der Waals surface area contributed by atoms with Crippen LogP contribution in [0.25, 0.3) is 0 Å². The molecule has 0 bridgehead atoms. The number of nitrogens with one attached hydrogen (secondary N) is 3. The van der Waals surface area contributed by atoms with Gasteiger partial charge in [-0.05, 0) is 35.1 Å². The first-order valence-corrected chi connectivity index (χ1v) is 13.7. The number of rotatable bonds is 6. The minimum atomic E-state index is -1.19. The Balaban J connectivity index is 1.57. The van der Waals surface area contributed by atoms with E-state index in [1.54, 1.807) is 12.1 Å². The maximum absolute atomic E-state index is 15.7. The van der Waals surface area contributed by atoms with Crippen LogP contribution >= 0.6 is 11.6 Å². The summed E-state index contributed by atoms with van der Waals surface area (Å²) in [5, 5.41) is 9.59. The highest BCUT2D eigenvalue weighted by Crippen LogP contribution is 2.56. The van der Waals surface area contributed by atoms with Crippen molar-refractivity contribution in [3.05, 3.63) is 64.4 Å². The molecule has 1 spiro atoms. The van der Waals surface area contributed by atoms with Crippen LogP contribution in [-0.4, -0.2) is 68.2 Å². The monoisotopic (exact) mass is 542 g/mol. The second-order valence-electron chi connectivity index (χ2n) is 11.7. The number of ether oxygens (including phenoxy) is 1. The van der Waals surface area contributed by atoms with Crippen molar-refractivity contribution in [3.8, 4) is 0 Å². The Morgan fingerprint density at radius 2 is 1.92 bits per heavy atom. The maximum atomic E-state index is 15.7.